The zero-order chi connectivity index (χ0) is 21.3. The van der Waals surface area contributed by atoms with Crippen molar-refractivity contribution in [2.75, 3.05) is 30.0 Å². The highest BCUT2D eigenvalue weighted by molar-refractivity contribution is 7.10. The predicted octanol–water partition coefficient (Wildman–Crippen LogP) is 5.14. The van der Waals surface area contributed by atoms with E-state index in [9.17, 15) is 9.18 Å². The van der Waals surface area contributed by atoms with E-state index in [0.29, 0.717) is 31.6 Å². The first-order valence-electron chi connectivity index (χ1n) is 10.7. The fraction of sp³-hybridized carbons (Fsp3) is 0.320. The molecule has 160 valence electrons. The first-order chi connectivity index (χ1) is 15.1. The van der Waals surface area contributed by atoms with E-state index >= 15 is 0 Å². The number of anilines is 2. The lowest BCUT2D eigenvalue weighted by atomic mass is 9.73. The summed E-state index contributed by atoms with van der Waals surface area (Å²) >= 11 is 1.84. The topological polar surface area (TPSA) is 41.6 Å². The number of halogens is 1. The molecule has 3 heterocycles. The van der Waals surface area contributed by atoms with Crippen LogP contribution in [0.25, 0.3) is 0 Å². The summed E-state index contributed by atoms with van der Waals surface area (Å²) in [6, 6.07) is 16.6. The van der Waals surface area contributed by atoms with Gasteiger partial charge in [-0.1, -0.05) is 12.1 Å². The lowest BCUT2D eigenvalue weighted by Crippen LogP contribution is -2.44. The van der Waals surface area contributed by atoms with Crippen LogP contribution in [0.15, 0.2) is 60.0 Å². The molecular formula is C25H25FN2O2S. The largest absolute Gasteiger partial charge is 0.381 e. The van der Waals surface area contributed by atoms with Crippen molar-refractivity contribution < 1.29 is 13.9 Å². The molecule has 1 amide bonds. The Bertz CT molecular complexity index is 1070. The van der Waals surface area contributed by atoms with E-state index in [4.69, 9.17) is 4.74 Å². The van der Waals surface area contributed by atoms with E-state index < -0.39 is 5.41 Å². The molecule has 0 spiro atoms. The maximum atomic E-state index is 13.9. The van der Waals surface area contributed by atoms with Gasteiger partial charge in [-0.2, -0.15) is 0 Å². The van der Waals surface area contributed by atoms with Crippen LogP contribution in [-0.4, -0.2) is 25.7 Å². The van der Waals surface area contributed by atoms with Crippen LogP contribution in [0.2, 0.25) is 0 Å². The summed E-state index contributed by atoms with van der Waals surface area (Å²) in [6.07, 6.45) is 2.15. The summed E-state index contributed by atoms with van der Waals surface area (Å²) < 4.78 is 19.4. The van der Waals surface area contributed by atoms with Gasteiger partial charge in [-0.15, -0.1) is 11.3 Å². The van der Waals surface area contributed by atoms with Gasteiger partial charge in [0.05, 0.1) is 5.41 Å². The third kappa shape index (κ3) is 3.98. The number of benzene rings is 2. The minimum absolute atomic E-state index is 0.102. The minimum atomic E-state index is -0.777. The Morgan fingerprint density at radius 2 is 1.90 bits per heavy atom. The number of carbonyl (C=O) groups is 1. The van der Waals surface area contributed by atoms with E-state index in [1.165, 1.54) is 22.6 Å². The van der Waals surface area contributed by atoms with Crippen molar-refractivity contribution in [3.8, 4) is 0 Å². The highest BCUT2D eigenvalue weighted by atomic mass is 32.1. The molecule has 2 aromatic carbocycles. The fourth-order valence-corrected chi connectivity index (χ4v) is 5.52. The molecule has 4 nitrogen and oxygen atoms in total. The third-order valence-electron chi connectivity index (χ3n) is 6.46. The molecule has 0 bridgehead atoms. The van der Waals surface area contributed by atoms with Gasteiger partial charge in [0.1, 0.15) is 5.82 Å². The van der Waals surface area contributed by atoms with E-state index in [1.807, 2.05) is 29.5 Å². The number of thiophene rings is 1. The number of nitrogens with one attached hydrogen (secondary N) is 1. The van der Waals surface area contributed by atoms with Gasteiger partial charge in [-0.05, 0) is 78.2 Å². The normalized spacial score (nSPS) is 17.8. The average Bonchev–Trinajstić information content (AvgIpc) is 3.28. The van der Waals surface area contributed by atoms with Crippen LogP contribution in [0, 0.1) is 5.82 Å². The van der Waals surface area contributed by atoms with Crippen molar-refractivity contribution in [2.45, 2.75) is 31.2 Å². The summed E-state index contributed by atoms with van der Waals surface area (Å²) in [4.78, 5) is 17.3. The van der Waals surface area contributed by atoms with Gasteiger partial charge in [0.25, 0.3) is 0 Å². The first-order valence-corrected chi connectivity index (χ1v) is 11.6. The zero-order valence-electron chi connectivity index (χ0n) is 17.3. The summed E-state index contributed by atoms with van der Waals surface area (Å²) in [5.41, 5.74) is 3.25. The van der Waals surface area contributed by atoms with Crippen LogP contribution in [0.5, 0.6) is 0 Å². The van der Waals surface area contributed by atoms with Crippen molar-refractivity contribution in [3.63, 3.8) is 0 Å². The molecule has 1 saturated heterocycles. The SMILES string of the molecule is O=C(Nc1ccc(N2CCc3sccc3C2)cc1)C1(c2cccc(F)c2)CCOCC1. The summed E-state index contributed by atoms with van der Waals surface area (Å²) in [5.74, 6) is -0.425. The second-order valence-corrected chi connectivity index (χ2v) is 9.25. The van der Waals surface area contributed by atoms with Crippen molar-refractivity contribution in [3.05, 3.63) is 81.8 Å². The molecule has 0 unspecified atom stereocenters. The Balaban J connectivity index is 1.33. The quantitative estimate of drug-likeness (QED) is 0.616. The van der Waals surface area contributed by atoms with Crippen LogP contribution >= 0.6 is 11.3 Å². The third-order valence-corrected chi connectivity index (χ3v) is 7.48. The molecule has 0 saturated carbocycles. The molecule has 0 aliphatic carbocycles. The van der Waals surface area contributed by atoms with Gasteiger partial charge in [0.15, 0.2) is 0 Å². The van der Waals surface area contributed by atoms with Crippen LogP contribution in [0.3, 0.4) is 0 Å². The molecule has 1 aromatic heterocycles. The number of rotatable bonds is 4. The predicted molar refractivity (Wildman–Crippen MR) is 122 cm³/mol. The van der Waals surface area contributed by atoms with Gasteiger partial charge >= 0.3 is 0 Å². The van der Waals surface area contributed by atoms with Crippen molar-refractivity contribution >= 4 is 28.6 Å². The summed E-state index contributed by atoms with van der Waals surface area (Å²) in [6.45, 7) is 2.90. The first kappa shape index (κ1) is 20.2. The number of carbonyl (C=O) groups excluding carboxylic acids is 1. The van der Waals surface area contributed by atoms with Gasteiger partial charge < -0.3 is 15.0 Å². The van der Waals surface area contributed by atoms with Gasteiger partial charge in [-0.3, -0.25) is 4.79 Å². The van der Waals surface area contributed by atoms with E-state index in [0.717, 1.165) is 30.9 Å². The smallest absolute Gasteiger partial charge is 0.235 e. The Kier molecular flexibility index (Phi) is 5.50. The van der Waals surface area contributed by atoms with Gasteiger partial charge in [0, 0.05) is 42.6 Å². The molecule has 0 radical (unpaired) electrons. The number of nitrogens with zero attached hydrogens (tertiary/aromatic N) is 1. The molecule has 6 heteroatoms. The Morgan fingerprint density at radius 1 is 1.10 bits per heavy atom. The molecule has 1 fully saturated rings. The standard InChI is InChI=1S/C25H25FN2O2S/c26-20-3-1-2-19(16-20)25(10-13-30-14-11-25)24(29)27-21-4-6-22(7-5-21)28-12-8-23-18(17-28)9-15-31-23/h1-7,9,15-16H,8,10-14,17H2,(H,27,29). The highest BCUT2D eigenvalue weighted by Crippen LogP contribution is 2.37. The summed E-state index contributed by atoms with van der Waals surface area (Å²) in [7, 11) is 0. The number of fused-ring (bicyclic) bond motifs is 1. The monoisotopic (exact) mass is 436 g/mol. The van der Waals surface area contributed by atoms with Crippen LogP contribution in [0.4, 0.5) is 15.8 Å². The lowest BCUT2D eigenvalue weighted by molar-refractivity contribution is -0.125. The minimum Gasteiger partial charge on any atom is -0.381 e. The average molecular weight is 437 g/mol. The van der Waals surface area contributed by atoms with Crippen molar-refractivity contribution in [2.24, 2.45) is 0 Å². The maximum Gasteiger partial charge on any atom is 0.235 e. The molecule has 2 aliphatic heterocycles. The van der Waals surface area contributed by atoms with E-state index in [2.05, 4.69) is 33.8 Å². The summed E-state index contributed by atoms with van der Waals surface area (Å²) in [5, 5.41) is 5.24. The zero-order valence-corrected chi connectivity index (χ0v) is 18.1. The fourth-order valence-electron chi connectivity index (χ4n) is 4.63. The number of amides is 1. The van der Waals surface area contributed by atoms with E-state index in [-0.39, 0.29) is 11.7 Å². The molecule has 3 aromatic rings. The molecule has 5 rings (SSSR count). The second kappa shape index (κ2) is 8.44. The Hall–Kier alpha value is -2.70. The number of hydrogen-bond donors (Lipinski definition) is 1. The van der Waals surface area contributed by atoms with E-state index in [1.54, 1.807) is 6.07 Å². The number of hydrogen-bond acceptors (Lipinski definition) is 4. The maximum absolute atomic E-state index is 13.9. The molecule has 1 N–H and O–H groups in total. The Labute approximate surface area is 185 Å². The second-order valence-electron chi connectivity index (χ2n) is 8.25. The molecule has 31 heavy (non-hydrogen) atoms. The van der Waals surface area contributed by atoms with Crippen molar-refractivity contribution in [1.29, 1.82) is 0 Å². The lowest BCUT2D eigenvalue weighted by Gasteiger charge is -2.36. The molecular weight excluding hydrogens is 411 g/mol. The van der Waals surface area contributed by atoms with Crippen molar-refractivity contribution in [1.82, 2.24) is 0 Å². The van der Waals surface area contributed by atoms with Crippen LogP contribution in [0.1, 0.15) is 28.8 Å². The Morgan fingerprint density at radius 3 is 2.68 bits per heavy atom. The van der Waals surface area contributed by atoms with Crippen LogP contribution < -0.4 is 10.2 Å². The highest BCUT2D eigenvalue weighted by Gasteiger charge is 2.42. The van der Waals surface area contributed by atoms with Gasteiger partial charge in [-0.25, -0.2) is 4.39 Å². The number of ether oxygens (including phenoxy) is 1. The molecule has 0 atom stereocenters. The molecule has 2 aliphatic rings. The van der Waals surface area contributed by atoms with Gasteiger partial charge in [0.2, 0.25) is 5.91 Å². The van der Waals surface area contributed by atoms with Crippen LogP contribution in [-0.2, 0) is 27.9 Å².